The highest BCUT2D eigenvalue weighted by Crippen LogP contribution is 2.43. The Hall–Kier alpha value is -6.38. The van der Waals surface area contributed by atoms with Gasteiger partial charge < -0.3 is 25.0 Å². The maximum absolute atomic E-state index is 15.8. The Labute approximate surface area is 383 Å². The van der Waals surface area contributed by atoms with Crippen LogP contribution in [0, 0.1) is 28.8 Å². The van der Waals surface area contributed by atoms with Crippen molar-refractivity contribution >= 4 is 61.8 Å². The molecule has 350 valence electrons. The Morgan fingerprint density at radius 2 is 1.57 bits per heavy atom. The highest BCUT2D eigenvalue weighted by Gasteiger charge is 2.52. The molecule has 5 aliphatic rings. The SMILES string of the molecule is O=C1CC[C@@H](NC(=O)c2ccc(N3CC4(CN(CC5CCN(c6ccc(-c7cnc8[nH]cc(C(=O)c9c(F)ccc(NS(=O)(=O)N%10CC[C@@H](F)C%10)c9F)c8c7)cc6)CC5)C4)C3)cc2F)C(=O)N1. The van der Waals surface area contributed by atoms with Crippen LogP contribution in [0.5, 0.6) is 0 Å². The molecule has 10 rings (SSSR count). The number of piperidine rings is 2. The van der Waals surface area contributed by atoms with E-state index >= 15 is 13.2 Å². The number of likely N-dealkylation sites (tertiary alicyclic amines) is 1. The summed E-state index contributed by atoms with van der Waals surface area (Å²) in [5.41, 5.74) is 1.98. The van der Waals surface area contributed by atoms with Gasteiger partial charge in [-0.25, -0.2) is 22.5 Å². The van der Waals surface area contributed by atoms with E-state index in [2.05, 4.69) is 35.3 Å². The average Bonchev–Trinajstić information content (AvgIpc) is 3.93. The molecule has 15 nitrogen and oxygen atoms in total. The van der Waals surface area contributed by atoms with Crippen molar-refractivity contribution in [2.45, 2.75) is 44.3 Å². The minimum Gasteiger partial charge on any atom is -0.372 e. The molecule has 20 heteroatoms. The number of aromatic nitrogens is 2. The molecule has 67 heavy (non-hydrogen) atoms. The van der Waals surface area contributed by atoms with Crippen LogP contribution in [0.3, 0.4) is 0 Å². The van der Waals surface area contributed by atoms with E-state index in [1.165, 1.54) is 18.3 Å². The highest BCUT2D eigenvalue weighted by molar-refractivity contribution is 7.90. The number of imide groups is 1. The molecule has 5 aliphatic heterocycles. The predicted molar refractivity (Wildman–Crippen MR) is 241 cm³/mol. The number of amides is 3. The standard InChI is InChI=1S/C47H47F4N9O6S/c48-30-13-16-60(22-30)67(65,66)56-38-8-7-36(49)41(42(38)51)43(62)35-20-53-44-34(35)17-29(19-52-44)28-1-3-31(4-2-28)58-14-11-27(12-15-58)21-57-23-47(24-57)25-59(26-47)32-5-6-33(37(50)18-32)45(63)54-39-9-10-40(61)55-46(39)64/h1-8,17-20,27,30,39,56H,9-16,21-26H2,(H,52,53)(H,54,63)(H,55,61,64)/t30-,39-/m1/s1. The zero-order valence-electron chi connectivity index (χ0n) is 36.2. The molecule has 1 spiro atoms. The number of halogens is 4. The lowest BCUT2D eigenvalue weighted by Crippen LogP contribution is -2.72. The van der Waals surface area contributed by atoms with Crippen LogP contribution in [0.2, 0.25) is 0 Å². The smallest absolute Gasteiger partial charge is 0.301 e. The van der Waals surface area contributed by atoms with E-state index < -0.39 is 81.2 Å². The largest absolute Gasteiger partial charge is 0.372 e. The summed E-state index contributed by atoms with van der Waals surface area (Å²) in [5, 5.41) is 5.03. The Morgan fingerprint density at radius 1 is 0.821 bits per heavy atom. The molecule has 3 aromatic carbocycles. The summed E-state index contributed by atoms with van der Waals surface area (Å²) in [6, 6.07) is 15.0. The van der Waals surface area contributed by atoms with Gasteiger partial charge in [0.25, 0.3) is 5.91 Å². The second-order valence-corrected chi connectivity index (χ2v) is 20.1. The molecular weight excluding hydrogens is 895 g/mol. The van der Waals surface area contributed by atoms with Gasteiger partial charge in [0, 0.05) is 111 Å². The van der Waals surface area contributed by atoms with Gasteiger partial charge in [0.2, 0.25) is 17.6 Å². The molecule has 2 atom stereocenters. The number of rotatable bonds is 12. The minimum atomic E-state index is -4.36. The molecule has 0 bridgehead atoms. The van der Waals surface area contributed by atoms with Gasteiger partial charge in [0.15, 0.2) is 5.82 Å². The molecule has 0 radical (unpaired) electrons. The Kier molecular flexibility index (Phi) is 11.5. The van der Waals surface area contributed by atoms with E-state index in [4.69, 9.17) is 0 Å². The Balaban J connectivity index is 0.707. The molecule has 0 aliphatic carbocycles. The van der Waals surface area contributed by atoms with Crippen molar-refractivity contribution < 1.29 is 45.2 Å². The van der Waals surface area contributed by atoms with Crippen LogP contribution in [0.25, 0.3) is 22.2 Å². The fraction of sp³-hybridized carbons (Fsp3) is 0.383. The number of pyridine rings is 1. The first-order valence-corrected chi connectivity index (χ1v) is 23.7. The van der Waals surface area contributed by atoms with Crippen LogP contribution in [0.15, 0.2) is 73.1 Å². The molecule has 3 amide bonds. The fourth-order valence-corrected chi connectivity index (χ4v) is 11.4. The minimum absolute atomic E-state index is 0.00147. The zero-order valence-corrected chi connectivity index (χ0v) is 37.0. The molecule has 5 saturated heterocycles. The summed E-state index contributed by atoms with van der Waals surface area (Å²) < 4.78 is 88.1. The summed E-state index contributed by atoms with van der Waals surface area (Å²) in [4.78, 5) is 64.2. The average molecular weight is 942 g/mol. The van der Waals surface area contributed by atoms with Crippen molar-refractivity contribution in [1.29, 1.82) is 0 Å². The van der Waals surface area contributed by atoms with Crippen molar-refractivity contribution in [3.63, 3.8) is 0 Å². The summed E-state index contributed by atoms with van der Waals surface area (Å²) in [6.07, 6.45) is 3.96. The first-order valence-electron chi connectivity index (χ1n) is 22.3. The molecule has 4 N–H and O–H groups in total. The van der Waals surface area contributed by atoms with Crippen LogP contribution in [-0.2, 0) is 19.8 Å². The number of ketones is 1. The lowest BCUT2D eigenvalue weighted by atomic mass is 9.72. The van der Waals surface area contributed by atoms with E-state index in [0.717, 1.165) is 86.3 Å². The number of carbonyl (C=O) groups is 4. The number of anilines is 3. The zero-order chi connectivity index (χ0) is 46.8. The van der Waals surface area contributed by atoms with E-state index in [1.54, 1.807) is 18.3 Å². The number of nitrogens with one attached hydrogen (secondary N) is 4. The van der Waals surface area contributed by atoms with E-state index in [1.807, 2.05) is 29.0 Å². The van der Waals surface area contributed by atoms with Crippen LogP contribution in [0.4, 0.5) is 34.6 Å². The van der Waals surface area contributed by atoms with Gasteiger partial charge in [-0.2, -0.15) is 12.7 Å². The van der Waals surface area contributed by atoms with Gasteiger partial charge in [-0.1, -0.05) is 12.1 Å². The second-order valence-electron chi connectivity index (χ2n) is 18.4. The predicted octanol–water partition coefficient (Wildman–Crippen LogP) is 5.15. The van der Waals surface area contributed by atoms with Gasteiger partial charge in [-0.15, -0.1) is 0 Å². The van der Waals surface area contributed by atoms with Crippen molar-refractivity contribution in [2.75, 3.05) is 73.4 Å². The third-order valence-electron chi connectivity index (χ3n) is 13.7. The monoisotopic (exact) mass is 941 g/mol. The van der Waals surface area contributed by atoms with Crippen molar-refractivity contribution in [1.82, 2.24) is 29.8 Å². The molecule has 7 heterocycles. The molecular formula is C47H47F4N9O6S. The lowest BCUT2D eigenvalue weighted by molar-refractivity contribution is -0.134. The molecule has 5 fully saturated rings. The number of carbonyl (C=O) groups excluding carboxylic acids is 4. The number of H-pyrrole nitrogens is 1. The van der Waals surface area contributed by atoms with E-state index in [9.17, 15) is 32.0 Å². The number of alkyl halides is 1. The number of benzene rings is 3. The maximum atomic E-state index is 15.8. The Bertz CT molecular complexity index is 2910. The van der Waals surface area contributed by atoms with E-state index in [0.29, 0.717) is 28.2 Å². The highest BCUT2D eigenvalue weighted by atomic mass is 32.2. The number of fused-ring (bicyclic) bond motifs is 1. The van der Waals surface area contributed by atoms with Crippen LogP contribution < -0.4 is 25.2 Å². The second kappa shape index (κ2) is 17.4. The van der Waals surface area contributed by atoms with Crippen LogP contribution >= 0.6 is 0 Å². The lowest BCUT2D eigenvalue weighted by Gasteiger charge is -2.61. The normalized spacial score (nSPS) is 21.3. The summed E-state index contributed by atoms with van der Waals surface area (Å²) >= 11 is 0. The fourth-order valence-electron chi connectivity index (χ4n) is 10.2. The molecule has 2 aromatic heterocycles. The third-order valence-corrected chi connectivity index (χ3v) is 15.2. The van der Waals surface area contributed by atoms with Crippen LogP contribution in [-0.4, -0.2) is 122 Å². The quantitative estimate of drug-likeness (QED) is 0.0743. The van der Waals surface area contributed by atoms with Gasteiger partial charge in [-0.05, 0) is 85.7 Å². The topological polar surface area (TPSA) is 180 Å². The number of hydrogen-bond acceptors (Lipinski definition) is 10. The van der Waals surface area contributed by atoms with Crippen LogP contribution in [0.1, 0.15) is 58.4 Å². The van der Waals surface area contributed by atoms with Gasteiger partial charge in [0.05, 0.1) is 16.8 Å². The van der Waals surface area contributed by atoms with Gasteiger partial charge in [-0.3, -0.25) is 29.2 Å². The van der Waals surface area contributed by atoms with E-state index in [-0.39, 0.29) is 42.3 Å². The molecule has 0 saturated carbocycles. The van der Waals surface area contributed by atoms with Gasteiger partial charge >= 0.3 is 10.2 Å². The van der Waals surface area contributed by atoms with Gasteiger partial charge in [0.1, 0.15) is 29.5 Å². The van der Waals surface area contributed by atoms with Crippen molar-refractivity contribution in [3.8, 4) is 11.1 Å². The summed E-state index contributed by atoms with van der Waals surface area (Å²) in [5.74, 6) is -5.36. The number of aromatic amines is 1. The third kappa shape index (κ3) is 8.73. The van der Waals surface area contributed by atoms with Crippen molar-refractivity contribution in [2.24, 2.45) is 11.3 Å². The molecule has 5 aromatic rings. The first-order chi connectivity index (χ1) is 32.1. The number of hydrogen-bond donors (Lipinski definition) is 4. The molecule has 0 unspecified atom stereocenters. The summed E-state index contributed by atoms with van der Waals surface area (Å²) in [6.45, 7) is 5.90. The Morgan fingerprint density at radius 3 is 2.27 bits per heavy atom. The number of nitrogens with zero attached hydrogens (tertiary/aromatic N) is 5. The maximum Gasteiger partial charge on any atom is 0.301 e. The summed E-state index contributed by atoms with van der Waals surface area (Å²) in [7, 11) is -4.36. The van der Waals surface area contributed by atoms with Crippen molar-refractivity contribution in [3.05, 3.63) is 107 Å². The first kappa shape index (κ1) is 44.5.